The Morgan fingerprint density at radius 2 is 2.25 bits per heavy atom. The third kappa shape index (κ3) is 2.80. The Labute approximate surface area is 108 Å². The number of halogens is 2. The highest BCUT2D eigenvalue weighted by molar-refractivity contribution is 7.78. The van der Waals surface area contributed by atoms with Crippen LogP contribution in [0.1, 0.15) is 15.9 Å². The van der Waals surface area contributed by atoms with Gasteiger partial charge >= 0.3 is 5.97 Å². The zero-order chi connectivity index (χ0) is 12.1. The highest BCUT2D eigenvalue weighted by Gasteiger charge is 2.16. The van der Waals surface area contributed by atoms with Gasteiger partial charge in [0, 0.05) is 10.6 Å². The van der Waals surface area contributed by atoms with Gasteiger partial charge in [-0.2, -0.15) is 0 Å². The Hall–Kier alpha value is -0.930. The summed E-state index contributed by atoms with van der Waals surface area (Å²) in [6.07, 6.45) is 0. The Balaban J connectivity index is 3.26. The van der Waals surface area contributed by atoms with E-state index in [0.29, 0.717) is 10.6 Å². The number of carbonyl (C=O) groups excluding carboxylic acids is 1. The van der Waals surface area contributed by atoms with Crippen LogP contribution in [0.4, 0.5) is 0 Å². The molecule has 1 aromatic carbocycles. The van der Waals surface area contributed by atoms with E-state index in [1.165, 1.54) is 13.2 Å². The molecule has 84 valence electrons. The molecule has 0 atom stereocenters. The van der Waals surface area contributed by atoms with Crippen LogP contribution in [0.25, 0.3) is 0 Å². The van der Waals surface area contributed by atoms with Crippen LogP contribution in [0.3, 0.4) is 0 Å². The van der Waals surface area contributed by atoms with E-state index >= 15 is 0 Å². The van der Waals surface area contributed by atoms with Gasteiger partial charge in [-0.05, 0) is 24.4 Å². The number of thiocarbonyl (C=S) groups is 1. The lowest BCUT2D eigenvalue weighted by Gasteiger charge is -2.07. The second-order valence-corrected chi connectivity index (χ2v) is 3.75. The van der Waals surface area contributed by atoms with Crippen molar-refractivity contribution in [1.82, 2.24) is 0 Å². The fourth-order valence-corrected chi connectivity index (χ4v) is 1.75. The molecule has 0 saturated heterocycles. The number of ether oxygens (including phenoxy) is 1. The first-order valence-electron chi connectivity index (χ1n) is 4.20. The predicted molar refractivity (Wildman–Crippen MR) is 66.5 cm³/mol. The van der Waals surface area contributed by atoms with E-state index in [4.69, 9.17) is 23.2 Å². The van der Waals surface area contributed by atoms with Crippen molar-refractivity contribution in [2.75, 3.05) is 7.11 Å². The fourth-order valence-electron chi connectivity index (χ4n) is 1.12. The molecule has 0 N–H and O–H groups in total. The molecule has 6 heteroatoms. The second-order valence-electron chi connectivity index (χ2n) is 2.79. The summed E-state index contributed by atoms with van der Waals surface area (Å²) in [6.45, 7) is 0.187. The number of carbonyl (C=O) groups is 1. The Bertz CT molecular complexity index is 470. The van der Waals surface area contributed by atoms with Crippen LogP contribution in [0, 0.1) is 0 Å². The molecule has 0 fully saturated rings. The van der Waals surface area contributed by atoms with Crippen LogP contribution in [0.5, 0.6) is 0 Å². The van der Waals surface area contributed by atoms with Crippen molar-refractivity contribution >= 4 is 46.6 Å². The number of isothiocyanates is 1. The third-order valence-corrected chi connectivity index (χ3v) is 2.81. The van der Waals surface area contributed by atoms with Gasteiger partial charge < -0.3 is 4.74 Å². The van der Waals surface area contributed by atoms with Crippen molar-refractivity contribution in [1.29, 1.82) is 0 Å². The summed E-state index contributed by atoms with van der Waals surface area (Å²) >= 11 is 16.4. The van der Waals surface area contributed by atoms with E-state index in [9.17, 15) is 4.79 Å². The van der Waals surface area contributed by atoms with Gasteiger partial charge in [-0.15, -0.1) is 0 Å². The van der Waals surface area contributed by atoms with Crippen LogP contribution in [-0.4, -0.2) is 18.2 Å². The van der Waals surface area contributed by atoms with Crippen molar-refractivity contribution in [3.05, 3.63) is 33.3 Å². The quantitative estimate of drug-likeness (QED) is 0.482. The highest BCUT2D eigenvalue weighted by Crippen LogP contribution is 2.29. The molecular formula is C10H7Cl2NO2S. The smallest absolute Gasteiger partial charge is 0.339 e. The minimum Gasteiger partial charge on any atom is -0.465 e. The van der Waals surface area contributed by atoms with E-state index in [1.807, 2.05) is 0 Å². The molecule has 3 nitrogen and oxygen atoms in total. The molecular weight excluding hydrogens is 269 g/mol. The maximum atomic E-state index is 11.4. The summed E-state index contributed by atoms with van der Waals surface area (Å²) < 4.78 is 4.58. The number of methoxy groups -OCH3 is 1. The first kappa shape index (κ1) is 13.1. The minimum atomic E-state index is -0.519. The number of nitrogens with zero attached hydrogens (tertiary/aromatic N) is 1. The zero-order valence-corrected chi connectivity index (χ0v) is 10.6. The van der Waals surface area contributed by atoms with Crippen LogP contribution in [0.2, 0.25) is 10.0 Å². The lowest BCUT2D eigenvalue weighted by Crippen LogP contribution is -2.04. The summed E-state index contributed by atoms with van der Waals surface area (Å²) in [6, 6.07) is 3.06. The number of aliphatic imine (C=N–C) groups is 1. The summed E-state index contributed by atoms with van der Waals surface area (Å²) in [5, 5.41) is 2.86. The SMILES string of the molecule is COC(=O)c1ccc(Cl)c(CN=C=S)c1Cl. The molecule has 16 heavy (non-hydrogen) atoms. The van der Waals surface area contributed by atoms with Gasteiger partial charge in [-0.25, -0.2) is 9.79 Å². The lowest BCUT2D eigenvalue weighted by molar-refractivity contribution is 0.0601. The Kier molecular flexibility index (Phi) is 4.90. The van der Waals surface area contributed by atoms with Gasteiger partial charge in [0.15, 0.2) is 0 Å². The molecule has 0 radical (unpaired) electrons. The van der Waals surface area contributed by atoms with E-state index in [0.717, 1.165) is 0 Å². The van der Waals surface area contributed by atoms with E-state index < -0.39 is 5.97 Å². The number of rotatable bonds is 3. The lowest BCUT2D eigenvalue weighted by atomic mass is 10.1. The highest BCUT2D eigenvalue weighted by atomic mass is 35.5. The number of benzene rings is 1. The van der Waals surface area contributed by atoms with E-state index in [-0.39, 0.29) is 17.1 Å². The molecule has 0 amide bonds. The van der Waals surface area contributed by atoms with Crippen LogP contribution < -0.4 is 0 Å². The van der Waals surface area contributed by atoms with E-state index in [2.05, 4.69) is 27.1 Å². The van der Waals surface area contributed by atoms with Gasteiger partial charge in [0.2, 0.25) is 0 Å². The van der Waals surface area contributed by atoms with Crippen LogP contribution >= 0.6 is 35.4 Å². The van der Waals surface area contributed by atoms with Crippen molar-refractivity contribution < 1.29 is 9.53 Å². The van der Waals surface area contributed by atoms with Crippen LogP contribution in [0.15, 0.2) is 17.1 Å². The van der Waals surface area contributed by atoms with Crippen molar-refractivity contribution in [3.63, 3.8) is 0 Å². The molecule has 0 aromatic heterocycles. The average Bonchev–Trinajstić information content (AvgIpc) is 2.28. The Morgan fingerprint density at radius 1 is 1.56 bits per heavy atom. The molecule has 0 spiro atoms. The standard InChI is InChI=1S/C10H7Cl2NO2S/c1-15-10(14)6-2-3-8(11)7(9(6)12)4-13-5-16/h2-3H,4H2,1H3. The molecule has 0 saturated carbocycles. The minimum absolute atomic E-state index is 0.187. The first-order chi connectivity index (χ1) is 7.61. The average molecular weight is 276 g/mol. The van der Waals surface area contributed by atoms with Gasteiger partial charge in [-0.3, -0.25) is 0 Å². The first-order valence-corrected chi connectivity index (χ1v) is 5.37. The van der Waals surface area contributed by atoms with Crippen molar-refractivity contribution in [3.8, 4) is 0 Å². The maximum Gasteiger partial charge on any atom is 0.339 e. The molecule has 1 rings (SSSR count). The molecule has 0 aliphatic carbocycles. The molecule has 0 bridgehead atoms. The van der Waals surface area contributed by atoms with E-state index in [1.54, 1.807) is 6.07 Å². The van der Waals surface area contributed by atoms with Crippen molar-refractivity contribution in [2.24, 2.45) is 4.99 Å². The number of hydrogen-bond acceptors (Lipinski definition) is 4. The summed E-state index contributed by atoms with van der Waals surface area (Å²) in [5.74, 6) is -0.519. The molecule has 0 heterocycles. The predicted octanol–water partition coefficient (Wildman–Crippen LogP) is 3.38. The second kappa shape index (κ2) is 5.97. The van der Waals surface area contributed by atoms with Gasteiger partial charge in [0.25, 0.3) is 0 Å². The largest absolute Gasteiger partial charge is 0.465 e. The topological polar surface area (TPSA) is 38.7 Å². The Morgan fingerprint density at radius 3 is 2.81 bits per heavy atom. The molecule has 1 aromatic rings. The third-order valence-electron chi connectivity index (χ3n) is 1.89. The summed E-state index contributed by atoms with van der Waals surface area (Å²) in [7, 11) is 1.28. The fraction of sp³-hybridized carbons (Fsp3) is 0.200. The maximum absolute atomic E-state index is 11.4. The number of hydrogen-bond donors (Lipinski definition) is 0. The summed E-state index contributed by atoms with van der Waals surface area (Å²) in [5.41, 5.74) is 0.784. The summed E-state index contributed by atoms with van der Waals surface area (Å²) in [4.78, 5) is 15.1. The number of esters is 1. The van der Waals surface area contributed by atoms with Crippen LogP contribution in [-0.2, 0) is 11.3 Å². The van der Waals surface area contributed by atoms with Gasteiger partial charge in [-0.1, -0.05) is 23.2 Å². The van der Waals surface area contributed by atoms with Gasteiger partial charge in [0.05, 0.1) is 29.4 Å². The monoisotopic (exact) mass is 275 g/mol. The normalized spacial score (nSPS) is 9.44. The molecule has 0 aliphatic rings. The van der Waals surface area contributed by atoms with Gasteiger partial charge in [0.1, 0.15) is 0 Å². The van der Waals surface area contributed by atoms with Crippen molar-refractivity contribution in [2.45, 2.75) is 6.54 Å². The zero-order valence-electron chi connectivity index (χ0n) is 8.29. The molecule has 0 unspecified atom stereocenters. The molecule has 0 aliphatic heterocycles.